The predicted octanol–water partition coefficient (Wildman–Crippen LogP) is 4.59. The van der Waals surface area contributed by atoms with E-state index in [1.165, 1.54) is 19.3 Å². The Hall–Kier alpha value is -0.0700. The van der Waals surface area contributed by atoms with Gasteiger partial charge in [0.25, 0.3) is 0 Å². The highest BCUT2D eigenvalue weighted by Gasteiger charge is 2.72. The number of hydrogen-bond acceptors (Lipinski definition) is 0. The standard InChI is InChI=1S/C16H25F/c1-10(2)16-5-12(6-16)13(16)4-11(3)14-7-15(17,8-14)9-14/h10-13H,4-9H2,1-3H3. The first kappa shape index (κ1) is 10.8. The maximum atomic E-state index is 13.6. The van der Waals surface area contributed by atoms with Crippen molar-refractivity contribution < 1.29 is 4.39 Å². The van der Waals surface area contributed by atoms with Gasteiger partial charge in [0.05, 0.1) is 0 Å². The third-order valence-electron chi connectivity index (χ3n) is 7.40. The van der Waals surface area contributed by atoms with Crippen LogP contribution in [0.4, 0.5) is 4.39 Å². The molecule has 0 spiro atoms. The molecule has 0 heterocycles. The fourth-order valence-electron chi connectivity index (χ4n) is 5.87. The summed E-state index contributed by atoms with van der Waals surface area (Å²) in [5.74, 6) is 3.70. The van der Waals surface area contributed by atoms with E-state index in [9.17, 15) is 4.39 Å². The Bertz CT molecular complexity index is 344. The Kier molecular flexibility index (Phi) is 1.75. The summed E-state index contributed by atoms with van der Waals surface area (Å²) in [6, 6.07) is 0. The van der Waals surface area contributed by atoms with Gasteiger partial charge in [-0.3, -0.25) is 0 Å². The van der Waals surface area contributed by atoms with Crippen LogP contribution in [-0.2, 0) is 0 Å². The van der Waals surface area contributed by atoms with E-state index in [0.717, 1.165) is 48.3 Å². The molecule has 0 aliphatic heterocycles. The minimum absolute atomic E-state index is 0.453. The summed E-state index contributed by atoms with van der Waals surface area (Å²) in [4.78, 5) is 0. The fraction of sp³-hybridized carbons (Fsp3) is 1.00. The van der Waals surface area contributed by atoms with E-state index < -0.39 is 5.67 Å². The Labute approximate surface area is 104 Å². The van der Waals surface area contributed by atoms with Crippen molar-refractivity contribution >= 4 is 0 Å². The number of halogens is 1. The fourth-order valence-corrected chi connectivity index (χ4v) is 5.87. The van der Waals surface area contributed by atoms with Crippen LogP contribution in [0, 0.1) is 34.5 Å². The van der Waals surface area contributed by atoms with Crippen LogP contribution in [0.5, 0.6) is 0 Å². The number of hydrogen-bond donors (Lipinski definition) is 0. The van der Waals surface area contributed by atoms with Gasteiger partial charge in [-0.15, -0.1) is 0 Å². The Balaban J connectivity index is 1.40. The van der Waals surface area contributed by atoms with Crippen LogP contribution in [0.1, 0.15) is 59.3 Å². The van der Waals surface area contributed by atoms with Crippen molar-refractivity contribution in [2.75, 3.05) is 0 Å². The lowest BCUT2D eigenvalue weighted by atomic mass is 9.31. The minimum Gasteiger partial charge on any atom is -0.244 e. The van der Waals surface area contributed by atoms with Crippen molar-refractivity contribution in [3.8, 4) is 0 Å². The van der Waals surface area contributed by atoms with E-state index in [-0.39, 0.29) is 0 Å². The molecule has 0 aromatic carbocycles. The molecule has 6 aliphatic rings. The molecule has 6 saturated carbocycles. The van der Waals surface area contributed by atoms with Gasteiger partial charge in [-0.25, -0.2) is 4.39 Å². The third-order valence-corrected chi connectivity index (χ3v) is 7.40. The maximum Gasteiger partial charge on any atom is 0.112 e. The second-order valence-corrected chi connectivity index (χ2v) is 8.34. The molecule has 0 radical (unpaired) electrons. The molecule has 6 aliphatic carbocycles. The van der Waals surface area contributed by atoms with Gasteiger partial charge in [0, 0.05) is 0 Å². The topological polar surface area (TPSA) is 0 Å². The van der Waals surface area contributed by atoms with Crippen molar-refractivity contribution in [2.45, 2.75) is 65.0 Å². The highest BCUT2D eigenvalue weighted by atomic mass is 19.1. The van der Waals surface area contributed by atoms with Crippen LogP contribution in [0.25, 0.3) is 0 Å². The van der Waals surface area contributed by atoms with Crippen molar-refractivity contribution in [3.05, 3.63) is 0 Å². The van der Waals surface area contributed by atoms with E-state index >= 15 is 0 Å². The second-order valence-electron chi connectivity index (χ2n) is 8.34. The zero-order chi connectivity index (χ0) is 12.1. The molecular formula is C16H25F. The molecule has 0 aromatic heterocycles. The van der Waals surface area contributed by atoms with Gasteiger partial charge in [0.2, 0.25) is 0 Å². The van der Waals surface area contributed by atoms with Crippen LogP contribution < -0.4 is 0 Å². The molecule has 1 heteroatoms. The van der Waals surface area contributed by atoms with Crippen LogP contribution in [-0.4, -0.2) is 5.67 Å². The van der Waals surface area contributed by atoms with E-state index in [0.29, 0.717) is 5.41 Å². The summed E-state index contributed by atoms with van der Waals surface area (Å²) >= 11 is 0. The van der Waals surface area contributed by atoms with Gasteiger partial charge in [0.15, 0.2) is 0 Å². The molecule has 0 aromatic rings. The summed E-state index contributed by atoms with van der Waals surface area (Å²) in [5.41, 5.74) is 0.470. The molecule has 2 unspecified atom stereocenters. The number of alkyl halides is 1. The molecule has 96 valence electrons. The van der Waals surface area contributed by atoms with Gasteiger partial charge < -0.3 is 0 Å². The molecule has 4 bridgehead atoms. The maximum absolute atomic E-state index is 13.6. The summed E-state index contributed by atoms with van der Waals surface area (Å²) < 4.78 is 13.6. The molecule has 0 N–H and O–H groups in total. The lowest BCUT2D eigenvalue weighted by Gasteiger charge is -2.74. The van der Waals surface area contributed by atoms with Gasteiger partial charge in [-0.05, 0) is 73.0 Å². The summed E-state index contributed by atoms with van der Waals surface area (Å²) in [7, 11) is 0. The van der Waals surface area contributed by atoms with Gasteiger partial charge in [-0.1, -0.05) is 20.8 Å². The van der Waals surface area contributed by atoms with E-state index in [1.54, 1.807) is 0 Å². The van der Waals surface area contributed by atoms with E-state index in [2.05, 4.69) is 20.8 Å². The van der Waals surface area contributed by atoms with Crippen LogP contribution in [0.2, 0.25) is 0 Å². The zero-order valence-corrected chi connectivity index (χ0v) is 11.4. The highest BCUT2D eigenvalue weighted by molar-refractivity contribution is 5.22. The first-order chi connectivity index (χ1) is 7.89. The Morgan fingerprint density at radius 3 is 2.06 bits per heavy atom. The molecular weight excluding hydrogens is 211 g/mol. The monoisotopic (exact) mass is 236 g/mol. The van der Waals surface area contributed by atoms with Crippen molar-refractivity contribution in [1.29, 1.82) is 0 Å². The molecule has 6 rings (SSSR count). The number of rotatable bonds is 4. The zero-order valence-electron chi connectivity index (χ0n) is 11.4. The van der Waals surface area contributed by atoms with Crippen molar-refractivity contribution in [1.82, 2.24) is 0 Å². The summed E-state index contributed by atoms with van der Waals surface area (Å²) in [6.45, 7) is 7.22. The predicted molar refractivity (Wildman–Crippen MR) is 67.4 cm³/mol. The first-order valence-electron chi connectivity index (χ1n) is 7.58. The summed E-state index contributed by atoms with van der Waals surface area (Å²) in [5, 5.41) is 0. The van der Waals surface area contributed by atoms with Crippen LogP contribution >= 0.6 is 0 Å². The van der Waals surface area contributed by atoms with Gasteiger partial charge >= 0.3 is 0 Å². The SMILES string of the molecule is CC(CC1C2CC1(C(C)C)C2)C12CC(F)(C1)C2. The average Bonchev–Trinajstić information content (AvgIpc) is 2.03. The quantitative estimate of drug-likeness (QED) is 0.670. The van der Waals surface area contributed by atoms with E-state index in [1.807, 2.05) is 0 Å². The second kappa shape index (κ2) is 2.75. The largest absolute Gasteiger partial charge is 0.244 e. The molecule has 0 saturated heterocycles. The Morgan fingerprint density at radius 1 is 1.12 bits per heavy atom. The van der Waals surface area contributed by atoms with Crippen LogP contribution in [0.3, 0.4) is 0 Å². The average molecular weight is 236 g/mol. The highest BCUT2D eigenvalue weighted by Crippen LogP contribution is 2.77. The van der Waals surface area contributed by atoms with Gasteiger partial charge in [-0.2, -0.15) is 0 Å². The lowest BCUT2D eigenvalue weighted by molar-refractivity contribution is -0.268. The molecule has 0 amide bonds. The molecule has 6 fully saturated rings. The Morgan fingerprint density at radius 2 is 1.71 bits per heavy atom. The molecule has 0 nitrogen and oxygen atoms in total. The van der Waals surface area contributed by atoms with E-state index in [4.69, 9.17) is 0 Å². The smallest absolute Gasteiger partial charge is 0.112 e. The summed E-state index contributed by atoms with van der Waals surface area (Å²) in [6.07, 6.45) is 7.09. The van der Waals surface area contributed by atoms with Crippen molar-refractivity contribution in [2.24, 2.45) is 34.5 Å². The van der Waals surface area contributed by atoms with Crippen LogP contribution in [0.15, 0.2) is 0 Å². The normalized spacial score (nSPS) is 59.8. The lowest BCUT2D eigenvalue weighted by Crippen LogP contribution is -2.69. The molecule has 17 heavy (non-hydrogen) atoms. The van der Waals surface area contributed by atoms with Crippen molar-refractivity contribution in [3.63, 3.8) is 0 Å². The first-order valence-corrected chi connectivity index (χ1v) is 7.58. The minimum atomic E-state index is -0.702. The third kappa shape index (κ3) is 1.06. The van der Waals surface area contributed by atoms with Gasteiger partial charge in [0.1, 0.15) is 5.67 Å². The molecule has 2 atom stereocenters.